The van der Waals surface area contributed by atoms with E-state index < -0.39 is 11.3 Å². The summed E-state index contributed by atoms with van der Waals surface area (Å²) in [5, 5.41) is 25.3. The second-order valence-electron chi connectivity index (χ2n) is 3.33. The van der Waals surface area contributed by atoms with Crippen LogP contribution in [-0.4, -0.2) is 22.9 Å². The van der Waals surface area contributed by atoms with Gasteiger partial charge >= 0.3 is 0 Å². The number of hydrogen-bond acceptors (Lipinski definition) is 5. The molecule has 0 amide bonds. The first kappa shape index (κ1) is 13.0. The molecule has 0 aromatic heterocycles. The third-order valence-electron chi connectivity index (χ3n) is 2.21. The lowest BCUT2D eigenvalue weighted by Gasteiger charge is -2.25. The molecule has 92 valence electrons. The zero-order valence-electron chi connectivity index (χ0n) is 9.65. The summed E-state index contributed by atoms with van der Waals surface area (Å²) in [7, 11) is 0. The SMILES string of the molecule is CCN(c1ccccc1N=N[N+](=O)[O-])C(C)O. The molecule has 1 rings (SSSR count). The molecule has 1 N–H and O–H groups in total. The van der Waals surface area contributed by atoms with E-state index in [4.69, 9.17) is 0 Å². The fourth-order valence-electron chi connectivity index (χ4n) is 1.51. The molecule has 0 radical (unpaired) electrons. The Balaban J connectivity index is 3.10. The van der Waals surface area contributed by atoms with Gasteiger partial charge in [-0.1, -0.05) is 12.1 Å². The van der Waals surface area contributed by atoms with E-state index in [2.05, 4.69) is 10.3 Å². The van der Waals surface area contributed by atoms with Gasteiger partial charge in [0.05, 0.1) is 15.8 Å². The van der Waals surface area contributed by atoms with E-state index in [1.807, 2.05) is 6.92 Å². The molecule has 7 heteroatoms. The summed E-state index contributed by atoms with van der Waals surface area (Å²) in [5.41, 5.74) is 0.961. The zero-order chi connectivity index (χ0) is 12.8. The molecule has 1 aromatic carbocycles. The second kappa shape index (κ2) is 5.90. The Kier molecular flexibility index (Phi) is 4.53. The monoisotopic (exact) mass is 238 g/mol. The molecule has 0 fully saturated rings. The van der Waals surface area contributed by atoms with Gasteiger partial charge in [0.15, 0.2) is 5.22 Å². The van der Waals surface area contributed by atoms with Crippen molar-refractivity contribution >= 4 is 11.4 Å². The number of nitro groups is 1. The molecule has 0 aliphatic rings. The topological polar surface area (TPSA) is 91.3 Å². The van der Waals surface area contributed by atoms with Crippen LogP contribution in [0.15, 0.2) is 34.6 Å². The largest absolute Gasteiger partial charge is 0.374 e. The summed E-state index contributed by atoms with van der Waals surface area (Å²) in [4.78, 5) is 11.8. The van der Waals surface area contributed by atoms with Crippen LogP contribution in [0.5, 0.6) is 0 Å². The maximum absolute atomic E-state index is 10.1. The van der Waals surface area contributed by atoms with Crippen molar-refractivity contribution in [3.8, 4) is 0 Å². The van der Waals surface area contributed by atoms with E-state index in [0.29, 0.717) is 17.9 Å². The number of hydrogen-bond donors (Lipinski definition) is 1. The van der Waals surface area contributed by atoms with Gasteiger partial charge in [-0.05, 0) is 26.0 Å². The third-order valence-corrected chi connectivity index (χ3v) is 2.21. The average Bonchev–Trinajstić information content (AvgIpc) is 2.28. The lowest BCUT2D eigenvalue weighted by molar-refractivity contribution is -0.493. The maximum atomic E-state index is 10.1. The summed E-state index contributed by atoms with van der Waals surface area (Å²) in [6.07, 6.45) is -0.702. The molecular formula is C10H14N4O3. The van der Waals surface area contributed by atoms with Crippen LogP contribution in [0, 0.1) is 10.1 Å². The predicted molar refractivity (Wildman–Crippen MR) is 62.7 cm³/mol. The molecule has 0 saturated heterocycles. The number of aliphatic hydroxyl groups is 1. The molecule has 0 aliphatic carbocycles. The Morgan fingerprint density at radius 2 is 2.18 bits per heavy atom. The van der Waals surface area contributed by atoms with E-state index in [-0.39, 0.29) is 0 Å². The number of benzene rings is 1. The second-order valence-corrected chi connectivity index (χ2v) is 3.33. The van der Waals surface area contributed by atoms with Crippen molar-refractivity contribution in [2.24, 2.45) is 10.3 Å². The van der Waals surface area contributed by atoms with Crippen molar-refractivity contribution in [2.45, 2.75) is 20.1 Å². The number of anilines is 1. The van der Waals surface area contributed by atoms with Crippen molar-refractivity contribution in [3.05, 3.63) is 34.4 Å². The number of nitrogens with zero attached hydrogens (tertiary/aromatic N) is 4. The predicted octanol–water partition coefficient (Wildman–Crippen LogP) is 2.13. The lowest BCUT2D eigenvalue weighted by atomic mass is 10.2. The molecule has 7 nitrogen and oxygen atoms in total. The van der Waals surface area contributed by atoms with E-state index in [1.165, 1.54) is 0 Å². The highest BCUT2D eigenvalue weighted by atomic mass is 16.7. The zero-order valence-corrected chi connectivity index (χ0v) is 9.65. The Hall–Kier alpha value is -2.02. The quantitative estimate of drug-likeness (QED) is 0.368. The van der Waals surface area contributed by atoms with Gasteiger partial charge in [0.25, 0.3) is 0 Å². The highest BCUT2D eigenvalue weighted by molar-refractivity contribution is 5.66. The van der Waals surface area contributed by atoms with Crippen LogP contribution in [-0.2, 0) is 0 Å². The summed E-state index contributed by atoms with van der Waals surface area (Å²) < 4.78 is 0. The minimum atomic E-state index is -0.866. The molecule has 0 aliphatic heterocycles. The van der Waals surface area contributed by atoms with Crippen LogP contribution in [0.4, 0.5) is 11.4 Å². The fourth-order valence-corrected chi connectivity index (χ4v) is 1.51. The summed E-state index contributed by atoms with van der Waals surface area (Å²) in [5.74, 6) is 0. The first-order valence-electron chi connectivity index (χ1n) is 5.16. The van der Waals surface area contributed by atoms with Crippen molar-refractivity contribution in [2.75, 3.05) is 11.4 Å². The summed E-state index contributed by atoms with van der Waals surface area (Å²) in [6, 6.07) is 6.80. The average molecular weight is 238 g/mol. The van der Waals surface area contributed by atoms with E-state index in [0.717, 1.165) is 0 Å². The van der Waals surface area contributed by atoms with Gasteiger partial charge in [-0.3, -0.25) is 0 Å². The number of rotatable bonds is 5. The van der Waals surface area contributed by atoms with Gasteiger partial charge in [-0.15, -0.1) is 0 Å². The van der Waals surface area contributed by atoms with Crippen LogP contribution >= 0.6 is 0 Å². The number of para-hydroxylation sites is 1. The standard InChI is InChI=1S/C10H14N4O3/c1-3-13(8(2)15)10-7-5-4-6-9(10)11-12-14(16)17/h4-8,15H,3H2,1-2H3. The van der Waals surface area contributed by atoms with E-state index in [1.54, 1.807) is 36.1 Å². The minimum absolute atomic E-state index is 0.354. The first-order valence-corrected chi connectivity index (χ1v) is 5.16. The Labute approximate surface area is 98.5 Å². The molecule has 17 heavy (non-hydrogen) atoms. The smallest absolute Gasteiger partial charge is 0.226 e. The Morgan fingerprint density at radius 1 is 1.53 bits per heavy atom. The van der Waals surface area contributed by atoms with Crippen molar-refractivity contribution < 1.29 is 10.1 Å². The Morgan fingerprint density at radius 3 is 2.71 bits per heavy atom. The number of aliphatic hydroxyl groups excluding tert-OH is 1. The van der Waals surface area contributed by atoms with Gasteiger partial charge in [0, 0.05) is 6.54 Å². The molecule has 0 spiro atoms. The van der Waals surface area contributed by atoms with E-state index >= 15 is 0 Å². The van der Waals surface area contributed by atoms with Crippen molar-refractivity contribution in [3.63, 3.8) is 0 Å². The fraction of sp³-hybridized carbons (Fsp3) is 0.400. The Bertz CT molecular complexity index is 420. The molecule has 1 aromatic rings. The highest BCUT2D eigenvalue weighted by Crippen LogP contribution is 2.29. The van der Waals surface area contributed by atoms with Gasteiger partial charge in [-0.2, -0.15) is 0 Å². The van der Waals surface area contributed by atoms with Crippen molar-refractivity contribution in [1.82, 2.24) is 0 Å². The van der Waals surface area contributed by atoms with Crippen LogP contribution < -0.4 is 4.90 Å². The van der Waals surface area contributed by atoms with Gasteiger partial charge in [-0.25, -0.2) is 0 Å². The summed E-state index contributed by atoms with van der Waals surface area (Å²) >= 11 is 0. The molecule has 1 unspecified atom stereocenters. The molecular weight excluding hydrogens is 224 g/mol. The van der Waals surface area contributed by atoms with Crippen LogP contribution in [0.25, 0.3) is 0 Å². The van der Waals surface area contributed by atoms with Crippen molar-refractivity contribution in [1.29, 1.82) is 0 Å². The third kappa shape index (κ3) is 3.49. The molecule has 0 heterocycles. The maximum Gasteiger partial charge on any atom is 0.226 e. The van der Waals surface area contributed by atoms with Gasteiger partial charge in [0.2, 0.25) is 5.69 Å². The molecule has 1 atom stereocenters. The molecule has 0 saturated carbocycles. The van der Waals surface area contributed by atoms with Crippen LogP contribution in [0.1, 0.15) is 13.8 Å². The summed E-state index contributed by atoms with van der Waals surface area (Å²) in [6.45, 7) is 4.04. The van der Waals surface area contributed by atoms with Crippen LogP contribution in [0.3, 0.4) is 0 Å². The first-order chi connectivity index (χ1) is 8.06. The normalized spacial score (nSPS) is 12.6. The molecule has 0 bridgehead atoms. The van der Waals surface area contributed by atoms with Crippen LogP contribution in [0.2, 0.25) is 0 Å². The van der Waals surface area contributed by atoms with Gasteiger partial charge in [0.1, 0.15) is 6.23 Å². The van der Waals surface area contributed by atoms with Gasteiger partial charge < -0.3 is 20.1 Å². The minimum Gasteiger partial charge on any atom is -0.374 e. The lowest BCUT2D eigenvalue weighted by Crippen LogP contribution is -2.32. The van der Waals surface area contributed by atoms with E-state index in [9.17, 15) is 15.2 Å². The highest BCUT2D eigenvalue weighted by Gasteiger charge is 2.16.